The number of esters is 1. The van der Waals surface area contributed by atoms with Crippen LogP contribution >= 0.6 is 7.82 Å². The van der Waals surface area contributed by atoms with Crippen LogP contribution < -0.4 is 5.73 Å². The molecule has 3 N–H and O–H groups in total. The van der Waals surface area contributed by atoms with Gasteiger partial charge in [-0.25, -0.2) is 4.57 Å². The van der Waals surface area contributed by atoms with Crippen molar-refractivity contribution < 1.29 is 32.8 Å². The van der Waals surface area contributed by atoms with Crippen LogP contribution in [0.4, 0.5) is 0 Å². The normalized spacial score (nSPS) is 14.1. The molecule has 0 aliphatic rings. The summed E-state index contributed by atoms with van der Waals surface area (Å²) in [6.45, 7) is 4.76. The first-order valence-corrected chi connectivity index (χ1v) is 22.8. The van der Waals surface area contributed by atoms with Gasteiger partial charge in [-0.05, 0) is 77.0 Å². The van der Waals surface area contributed by atoms with Gasteiger partial charge in [0.15, 0.2) is 0 Å². The van der Waals surface area contributed by atoms with Crippen LogP contribution in [-0.4, -0.2) is 49.9 Å². The molecule has 0 spiro atoms. The van der Waals surface area contributed by atoms with Crippen LogP contribution in [0.2, 0.25) is 0 Å². The molecular weight excluding hydrogens is 685 g/mol. The lowest BCUT2D eigenvalue weighted by atomic mass is 10.1. The Morgan fingerprint density at radius 1 is 0.585 bits per heavy atom. The molecule has 0 aliphatic carbocycles. The molecule has 0 rings (SSSR count). The largest absolute Gasteiger partial charge is 0.472 e. The molecule has 9 heteroatoms. The highest BCUT2D eigenvalue weighted by Crippen LogP contribution is 2.43. The molecule has 53 heavy (non-hydrogen) atoms. The van der Waals surface area contributed by atoms with Gasteiger partial charge >= 0.3 is 13.8 Å². The number of carbonyl (C=O) groups excluding carboxylic acids is 1. The van der Waals surface area contributed by atoms with E-state index in [0.29, 0.717) is 13.0 Å². The molecular formula is C44H80NO7P. The van der Waals surface area contributed by atoms with E-state index in [9.17, 15) is 14.3 Å². The van der Waals surface area contributed by atoms with E-state index in [1.54, 1.807) is 0 Å². The molecule has 0 aromatic carbocycles. The predicted octanol–water partition coefficient (Wildman–Crippen LogP) is 12.6. The van der Waals surface area contributed by atoms with E-state index in [2.05, 4.69) is 74.6 Å². The van der Waals surface area contributed by atoms with E-state index in [4.69, 9.17) is 24.3 Å². The summed E-state index contributed by atoms with van der Waals surface area (Å²) in [6, 6.07) is 0. The fourth-order valence-corrected chi connectivity index (χ4v) is 6.33. The number of phosphoric ester groups is 1. The number of ether oxygens (including phenoxy) is 2. The average molecular weight is 766 g/mol. The molecule has 8 nitrogen and oxygen atoms in total. The average Bonchev–Trinajstić information content (AvgIpc) is 3.15. The monoisotopic (exact) mass is 766 g/mol. The zero-order chi connectivity index (χ0) is 38.8. The van der Waals surface area contributed by atoms with Gasteiger partial charge in [-0.15, -0.1) is 0 Å². The molecule has 0 saturated heterocycles. The van der Waals surface area contributed by atoms with Gasteiger partial charge in [0.25, 0.3) is 0 Å². The molecule has 0 fully saturated rings. The molecule has 0 aliphatic heterocycles. The Bertz CT molecular complexity index is 994. The van der Waals surface area contributed by atoms with E-state index in [1.807, 2.05) is 0 Å². The number of rotatable bonds is 40. The number of nitrogens with two attached hydrogens (primary N) is 1. The van der Waals surface area contributed by atoms with Crippen LogP contribution in [-0.2, 0) is 27.9 Å². The molecule has 2 unspecified atom stereocenters. The molecule has 0 saturated carbocycles. The summed E-state index contributed by atoms with van der Waals surface area (Å²) < 4.78 is 33.4. The van der Waals surface area contributed by atoms with E-state index in [-0.39, 0.29) is 32.3 Å². The maximum atomic E-state index is 12.6. The molecule has 0 amide bonds. The van der Waals surface area contributed by atoms with E-state index in [1.165, 1.54) is 83.5 Å². The Hall–Kier alpha value is -1.80. The highest BCUT2D eigenvalue weighted by atomic mass is 31.2. The summed E-state index contributed by atoms with van der Waals surface area (Å²) in [4.78, 5) is 22.5. The van der Waals surface area contributed by atoms with E-state index < -0.39 is 13.9 Å². The maximum absolute atomic E-state index is 12.6. The molecule has 2 atom stereocenters. The van der Waals surface area contributed by atoms with Gasteiger partial charge in [-0.3, -0.25) is 13.8 Å². The molecule has 0 aromatic rings. The summed E-state index contributed by atoms with van der Waals surface area (Å²) in [7, 11) is -4.28. The minimum absolute atomic E-state index is 0.0943. The Morgan fingerprint density at radius 2 is 1.06 bits per heavy atom. The van der Waals surface area contributed by atoms with Gasteiger partial charge in [0, 0.05) is 19.6 Å². The minimum Gasteiger partial charge on any atom is -0.457 e. The van der Waals surface area contributed by atoms with Gasteiger partial charge in [-0.1, -0.05) is 152 Å². The first-order valence-electron chi connectivity index (χ1n) is 21.3. The fourth-order valence-electron chi connectivity index (χ4n) is 5.57. The smallest absolute Gasteiger partial charge is 0.457 e. The third-order valence-electron chi connectivity index (χ3n) is 8.67. The Morgan fingerprint density at radius 3 is 1.60 bits per heavy atom. The number of carbonyl (C=O) groups is 1. The summed E-state index contributed by atoms with van der Waals surface area (Å²) >= 11 is 0. The summed E-state index contributed by atoms with van der Waals surface area (Å²) in [6.07, 6.45) is 49.5. The molecule has 0 heterocycles. The van der Waals surface area contributed by atoms with Crippen molar-refractivity contribution in [2.24, 2.45) is 5.73 Å². The second-order valence-corrected chi connectivity index (χ2v) is 15.3. The standard InChI is InChI=1S/C44H80NO7P/c1-3-5-7-9-11-13-15-17-19-20-21-22-23-25-27-29-31-33-35-37-44(46)52-43(42-51-53(47,48)50-40-38-45)41-49-39-36-34-32-30-28-26-24-18-16-14-12-10-8-6-4-2/h5,7,11,13,16-19,21-22,43H,3-4,6,8-10,12,14-15,20,23-42,45H2,1-2H3,(H,47,48)/b7-5-,13-11-,18-16-,19-17-,22-21-. The first-order chi connectivity index (χ1) is 25.9. The summed E-state index contributed by atoms with van der Waals surface area (Å²) in [5, 5.41) is 0. The van der Waals surface area contributed by atoms with Gasteiger partial charge in [0.1, 0.15) is 6.10 Å². The molecule has 308 valence electrons. The lowest BCUT2D eigenvalue weighted by molar-refractivity contribution is -0.154. The predicted molar refractivity (Wildman–Crippen MR) is 224 cm³/mol. The first kappa shape index (κ1) is 51.2. The van der Waals surface area contributed by atoms with Crippen molar-refractivity contribution in [1.82, 2.24) is 0 Å². The van der Waals surface area contributed by atoms with Crippen LogP contribution in [0.15, 0.2) is 60.8 Å². The van der Waals surface area contributed by atoms with Crippen molar-refractivity contribution in [3.63, 3.8) is 0 Å². The highest BCUT2D eigenvalue weighted by molar-refractivity contribution is 7.47. The zero-order valence-corrected chi connectivity index (χ0v) is 34.9. The van der Waals surface area contributed by atoms with Gasteiger partial charge < -0.3 is 20.1 Å². The topological polar surface area (TPSA) is 117 Å². The molecule has 0 aromatic heterocycles. The summed E-state index contributed by atoms with van der Waals surface area (Å²) in [5.41, 5.74) is 5.36. The van der Waals surface area contributed by atoms with Gasteiger partial charge in [0.2, 0.25) is 0 Å². The number of unbranched alkanes of at least 4 members (excludes halogenated alkanes) is 17. The Labute approximate surface area is 325 Å². The van der Waals surface area contributed by atoms with Crippen LogP contribution in [0, 0.1) is 0 Å². The van der Waals surface area contributed by atoms with Crippen LogP contribution in [0.1, 0.15) is 174 Å². The number of hydrogen-bond donors (Lipinski definition) is 2. The maximum Gasteiger partial charge on any atom is 0.472 e. The van der Waals surface area contributed by atoms with Crippen molar-refractivity contribution in [3.05, 3.63) is 60.8 Å². The van der Waals surface area contributed by atoms with E-state index >= 15 is 0 Å². The Kier molecular flexibility index (Phi) is 40.0. The van der Waals surface area contributed by atoms with Crippen molar-refractivity contribution >= 4 is 13.8 Å². The van der Waals surface area contributed by atoms with Crippen LogP contribution in [0.3, 0.4) is 0 Å². The van der Waals surface area contributed by atoms with Crippen LogP contribution in [0.5, 0.6) is 0 Å². The van der Waals surface area contributed by atoms with E-state index in [0.717, 1.165) is 70.6 Å². The Balaban J connectivity index is 4.09. The quantitative estimate of drug-likeness (QED) is 0.0274. The number of hydrogen-bond acceptors (Lipinski definition) is 7. The lowest BCUT2D eigenvalue weighted by Gasteiger charge is -2.20. The van der Waals surface area contributed by atoms with Gasteiger partial charge in [-0.2, -0.15) is 0 Å². The van der Waals surface area contributed by atoms with Crippen molar-refractivity contribution in [2.45, 2.75) is 180 Å². The third-order valence-corrected chi connectivity index (χ3v) is 9.65. The second-order valence-electron chi connectivity index (χ2n) is 13.8. The fraction of sp³-hybridized carbons (Fsp3) is 0.750. The van der Waals surface area contributed by atoms with Crippen molar-refractivity contribution in [3.8, 4) is 0 Å². The molecule has 0 radical (unpaired) electrons. The van der Waals surface area contributed by atoms with Gasteiger partial charge in [0.05, 0.1) is 19.8 Å². The minimum atomic E-state index is -4.28. The van der Waals surface area contributed by atoms with Crippen LogP contribution in [0.25, 0.3) is 0 Å². The van der Waals surface area contributed by atoms with Crippen molar-refractivity contribution in [1.29, 1.82) is 0 Å². The zero-order valence-electron chi connectivity index (χ0n) is 34.0. The second kappa shape index (κ2) is 41.4. The number of phosphoric acid groups is 1. The SMILES string of the molecule is CC/C=C\C/C=C\C/C=C\C/C=C\CCCCCCCCC(=O)OC(COCCCCCCCC/C=C\CCCCCCC)COP(=O)(O)OCCN. The highest BCUT2D eigenvalue weighted by Gasteiger charge is 2.25. The van der Waals surface area contributed by atoms with Crippen molar-refractivity contribution in [2.75, 3.05) is 33.0 Å². The third kappa shape index (κ3) is 41.2. The summed E-state index contributed by atoms with van der Waals surface area (Å²) in [5.74, 6) is -0.348. The number of allylic oxidation sites excluding steroid dienone is 10. The molecule has 0 bridgehead atoms. The lowest BCUT2D eigenvalue weighted by Crippen LogP contribution is -2.28.